The molecule has 1 rings (SSSR count). The topological polar surface area (TPSA) is 63.3 Å². The molecule has 4 heteroatoms. The number of hydrogen-bond acceptors (Lipinski definition) is 2. The van der Waals surface area contributed by atoms with Crippen LogP contribution in [0, 0.1) is 0 Å². The molecule has 0 saturated carbocycles. The highest BCUT2D eigenvalue weighted by atomic mass is 19.1. The number of rotatable bonds is 1. The van der Waals surface area contributed by atoms with Gasteiger partial charge in [0.15, 0.2) is 0 Å². The van der Waals surface area contributed by atoms with E-state index in [0.29, 0.717) is 6.42 Å². The van der Waals surface area contributed by atoms with Gasteiger partial charge in [-0.05, 0) is 6.42 Å². The van der Waals surface area contributed by atoms with Crippen LogP contribution in [0.4, 0.5) is 4.39 Å². The fraction of sp³-hybridized carbons (Fsp3) is 0.286. The highest BCUT2D eigenvalue weighted by Crippen LogP contribution is 2.23. The molecule has 60 valence electrons. The van der Waals surface area contributed by atoms with Crippen LogP contribution in [-0.4, -0.2) is 11.1 Å². The Bertz CT molecular complexity index is 255. The van der Waals surface area contributed by atoms with E-state index in [1.807, 2.05) is 0 Å². The normalized spacial score (nSPS) is 18.1. The monoisotopic (exact) mass is 157 g/mol. The minimum absolute atomic E-state index is 0.0289. The summed E-state index contributed by atoms with van der Waals surface area (Å²) in [6.07, 6.45) is 2.14. The summed E-state index contributed by atoms with van der Waals surface area (Å²) in [5.41, 5.74) is 4.90. The third-order valence-corrected chi connectivity index (χ3v) is 1.50. The van der Waals surface area contributed by atoms with Crippen molar-refractivity contribution in [1.82, 2.24) is 0 Å². The van der Waals surface area contributed by atoms with Crippen LogP contribution in [-0.2, 0) is 4.79 Å². The lowest BCUT2D eigenvalue weighted by Gasteiger charge is -2.09. The molecule has 0 unspecified atom stereocenters. The maximum atomic E-state index is 12.7. The van der Waals surface area contributed by atoms with Crippen LogP contribution in [0.3, 0.4) is 0 Å². The van der Waals surface area contributed by atoms with E-state index in [2.05, 4.69) is 0 Å². The largest absolute Gasteiger partial charge is 0.478 e. The number of allylic oxidation sites excluding steroid dienone is 2. The van der Waals surface area contributed by atoms with Crippen molar-refractivity contribution in [2.45, 2.75) is 12.8 Å². The zero-order valence-electron chi connectivity index (χ0n) is 5.80. The Morgan fingerprint density at radius 2 is 2.36 bits per heavy atom. The van der Waals surface area contributed by atoms with Gasteiger partial charge in [-0.3, -0.25) is 0 Å². The van der Waals surface area contributed by atoms with Gasteiger partial charge in [-0.15, -0.1) is 0 Å². The Morgan fingerprint density at radius 3 is 2.73 bits per heavy atom. The van der Waals surface area contributed by atoms with Gasteiger partial charge in [0.1, 0.15) is 11.4 Å². The van der Waals surface area contributed by atoms with E-state index in [1.54, 1.807) is 0 Å². The van der Waals surface area contributed by atoms with Crippen molar-refractivity contribution in [2.75, 3.05) is 0 Å². The summed E-state index contributed by atoms with van der Waals surface area (Å²) in [5.74, 6) is -1.92. The summed E-state index contributed by atoms with van der Waals surface area (Å²) in [4.78, 5) is 10.4. The third-order valence-electron chi connectivity index (χ3n) is 1.50. The molecule has 0 bridgehead atoms. The quantitative estimate of drug-likeness (QED) is 0.595. The van der Waals surface area contributed by atoms with Crippen LogP contribution < -0.4 is 5.73 Å². The van der Waals surface area contributed by atoms with Crippen molar-refractivity contribution >= 4 is 5.97 Å². The molecular formula is C7H8FNO2. The van der Waals surface area contributed by atoms with Gasteiger partial charge in [0.25, 0.3) is 0 Å². The lowest BCUT2D eigenvalue weighted by molar-refractivity contribution is -0.132. The van der Waals surface area contributed by atoms with Gasteiger partial charge in [0, 0.05) is 12.1 Å². The molecule has 0 radical (unpaired) electrons. The molecule has 3 nitrogen and oxygen atoms in total. The van der Waals surface area contributed by atoms with Crippen molar-refractivity contribution in [1.29, 1.82) is 0 Å². The number of carboxylic acids is 1. The summed E-state index contributed by atoms with van der Waals surface area (Å²) in [6.45, 7) is 0. The summed E-state index contributed by atoms with van der Waals surface area (Å²) in [7, 11) is 0. The maximum absolute atomic E-state index is 12.7. The first kappa shape index (κ1) is 7.78. The molecule has 0 aromatic rings. The molecule has 3 N–H and O–H groups in total. The second-order valence-corrected chi connectivity index (χ2v) is 2.28. The fourth-order valence-electron chi connectivity index (χ4n) is 0.978. The Labute approximate surface area is 63.0 Å². The number of aliphatic carboxylic acids is 1. The van der Waals surface area contributed by atoms with E-state index in [-0.39, 0.29) is 17.7 Å². The number of carboxylic acid groups (broad SMARTS) is 1. The minimum Gasteiger partial charge on any atom is -0.478 e. The van der Waals surface area contributed by atoms with Crippen molar-refractivity contribution < 1.29 is 14.3 Å². The predicted molar refractivity (Wildman–Crippen MR) is 37.3 cm³/mol. The number of nitrogens with two attached hydrogens (primary N) is 1. The molecular weight excluding hydrogens is 149 g/mol. The predicted octanol–water partition coefficient (Wildman–Crippen LogP) is 0.931. The summed E-state index contributed by atoms with van der Waals surface area (Å²) in [5, 5.41) is 8.46. The van der Waals surface area contributed by atoms with E-state index in [9.17, 15) is 9.18 Å². The molecule has 0 aliphatic heterocycles. The molecule has 0 saturated heterocycles. The lowest BCUT2D eigenvalue weighted by atomic mass is 10.0. The van der Waals surface area contributed by atoms with Crippen LogP contribution in [0.5, 0.6) is 0 Å². The molecule has 11 heavy (non-hydrogen) atoms. The summed E-state index contributed by atoms with van der Waals surface area (Å²) < 4.78 is 12.7. The average Bonchev–Trinajstić information content (AvgIpc) is 1.85. The Morgan fingerprint density at radius 1 is 1.73 bits per heavy atom. The molecule has 0 spiro atoms. The Kier molecular flexibility index (Phi) is 1.94. The fourth-order valence-corrected chi connectivity index (χ4v) is 0.978. The van der Waals surface area contributed by atoms with Crippen molar-refractivity contribution in [3.63, 3.8) is 0 Å². The average molecular weight is 157 g/mol. The van der Waals surface area contributed by atoms with Gasteiger partial charge in [-0.2, -0.15) is 0 Å². The molecule has 1 aliphatic carbocycles. The van der Waals surface area contributed by atoms with Gasteiger partial charge >= 0.3 is 5.97 Å². The summed E-state index contributed by atoms with van der Waals surface area (Å²) in [6, 6.07) is 0. The third kappa shape index (κ3) is 1.39. The first-order chi connectivity index (χ1) is 5.13. The minimum atomic E-state index is -1.30. The van der Waals surface area contributed by atoms with Gasteiger partial charge < -0.3 is 10.8 Å². The lowest BCUT2D eigenvalue weighted by Crippen LogP contribution is -2.14. The molecule has 0 fully saturated rings. The molecule has 0 heterocycles. The smallest absolute Gasteiger partial charge is 0.340 e. The van der Waals surface area contributed by atoms with E-state index in [1.165, 1.54) is 6.08 Å². The van der Waals surface area contributed by atoms with Gasteiger partial charge in [-0.25, -0.2) is 9.18 Å². The number of hydrogen-bond donors (Lipinski definition) is 2. The zero-order chi connectivity index (χ0) is 8.43. The van der Waals surface area contributed by atoms with Crippen molar-refractivity contribution in [3.05, 3.63) is 23.2 Å². The second-order valence-electron chi connectivity index (χ2n) is 2.28. The van der Waals surface area contributed by atoms with Gasteiger partial charge in [0.2, 0.25) is 0 Å². The SMILES string of the molecule is NC1=CCCC(F)=C1C(=O)O. The van der Waals surface area contributed by atoms with E-state index < -0.39 is 11.8 Å². The van der Waals surface area contributed by atoms with E-state index >= 15 is 0 Å². The van der Waals surface area contributed by atoms with E-state index in [0.717, 1.165) is 0 Å². The first-order valence-electron chi connectivity index (χ1n) is 3.21. The van der Waals surface area contributed by atoms with Crippen molar-refractivity contribution in [2.24, 2.45) is 5.73 Å². The maximum Gasteiger partial charge on any atom is 0.340 e. The summed E-state index contributed by atoms with van der Waals surface area (Å²) >= 11 is 0. The van der Waals surface area contributed by atoms with E-state index in [4.69, 9.17) is 10.8 Å². The van der Waals surface area contributed by atoms with Crippen LogP contribution >= 0.6 is 0 Å². The van der Waals surface area contributed by atoms with Crippen LogP contribution in [0.15, 0.2) is 23.2 Å². The van der Waals surface area contributed by atoms with Gasteiger partial charge in [-0.1, -0.05) is 6.08 Å². The molecule has 0 amide bonds. The van der Waals surface area contributed by atoms with Crippen LogP contribution in [0.1, 0.15) is 12.8 Å². The molecule has 1 aliphatic rings. The molecule has 0 aromatic carbocycles. The number of halogens is 1. The highest BCUT2D eigenvalue weighted by molar-refractivity contribution is 5.92. The van der Waals surface area contributed by atoms with Gasteiger partial charge in [0.05, 0.1) is 0 Å². The number of carbonyl (C=O) groups is 1. The Hall–Kier alpha value is -1.32. The van der Waals surface area contributed by atoms with Crippen LogP contribution in [0.25, 0.3) is 0 Å². The standard InChI is InChI=1S/C7H8FNO2/c8-4-2-1-3-5(9)6(4)7(10)11/h3H,1-2,9H2,(H,10,11). The van der Waals surface area contributed by atoms with Crippen molar-refractivity contribution in [3.8, 4) is 0 Å². The zero-order valence-corrected chi connectivity index (χ0v) is 5.80. The Balaban J connectivity index is 3.04. The first-order valence-corrected chi connectivity index (χ1v) is 3.21. The van der Waals surface area contributed by atoms with Crippen LogP contribution in [0.2, 0.25) is 0 Å². The molecule has 0 aromatic heterocycles. The molecule has 0 atom stereocenters. The second kappa shape index (κ2) is 2.74. The highest BCUT2D eigenvalue weighted by Gasteiger charge is 2.19.